The molecule has 1 aromatic rings. The Morgan fingerprint density at radius 1 is 1.14 bits per heavy atom. The van der Waals surface area contributed by atoms with E-state index in [2.05, 4.69) is 0 Å². The summed E-state index contributed by atoms with van der Waals surface area (Å²) in [6, 6.07) is 5.93. The van der Waals surface area contributed by atoms with Crippen molar-refractivity contribution in [3.63, 3.8) is 0 Å². The van der Waals surface area contributed by atoms with Crippen molar-refractivity contribution in [2.75, 3.05) is 0 Å². The van der Waals surface area contributed by atoms with Gasteiger partial charge < -0.3 is 10.5 Å². The van der Waals surface area contributed by atoms with E-state index in [1.807, 2.05) is 0 Å². The van der Waals surface area contributed by atoms with Gasteiger partial charge in [0.1, 0.15) is 11.8 Å². The van der Waals surface area contributed by atoms with E-state index in [1.54, 1.807) is 18.2 Å². The fourth-order valence-electron chi connectivity index (χ4n) is 3.00. The van der Waals surface area contributed by atoms with Gasteiger partial charge in [-0.2, -0.15) is 13.2 Å². The molecular formula is C16H20F3NO2. The molecule has 1 aliphatic carbocycles. The molecule has 0 aliphatic heterocycles. The molecule has 0 heterocycles. The Labute approximate surface area is 127 Å². The van der Waals surface area contributed by atoms with Gasteiger partial charge in [-0.25, -0.2) is 0 Å². The first-order valence-corrected chi connectivity index (χ1v) is 7.48. The summed E-state index contributed by atoms with van der Waals surface area (Å²) in [5, 5.41) is 0. The van der Waals surface area contributed by atoms with Crippen molar-refractivity contribution in [3.8, 4) is 5.75 Å². The van der Waals surface area contributed by atoms with Crippen LogP contribution in [0.5, 0.6) is 5.75 Å². The van der Waals surface area contributed by atoms with Gasteiger partial charge in [-0.15, -0.1) is 0 Å². The second kappa shape index (κ2) is 7.13. The molecule has 122 valence electrons. The largest absolute Gasteiger partial charge is 0.426 e. The van der Waals surface area contributed by atoms with Gasteiger partial charge >= 0.3 is 12.1 Å². The van der Waals surface area contributed by atoms with E-state index in [0.29, 0.717) is 12.8 Å². The SMILES string of the molecule is N[C@@H]([C@@H](C(=O)Oc1ccccc1)C1CCCCC1)C(F)(F)F. The lowest BCUT2D eigenvalue weighted by Gasteiger charge is -2.33. The van der Waals surface area contributed by atoms with Gasteiger partial charge in [0.05, 0.1) is 5.92 Å². The summed E-state index contributed by atoms with van der Waals surface area (Å²) < 4.78 is 44.2. The number of carbonyl (C=O) groups is 1. The van der Waals surface area contributed by atoms with Crippen LogP contribution in [0.4, 0.5) is 13.2 Å². The second-order valence-corrected chi connectivity index (χ2v) is 5.73. The maximum absolute atomic E-state index is 13.0. The Bertz CT molecular complexity index is 484. The first kappa shape index (κ1) is 16.8. The molecule has 0 saturated heterocycles. The third-order valence-corrected chi connectivity index (χ3v) is 4.16. The lowest BCUT2D eigenvalue weighted by Crippen LogP contribution is -2.51. The minimum absolute atomic E-state index is 0.239. The van der Waals surface area contributed by atoms with Gasteiger partial charge in [0.15, 0.2) is 0 Å². The van der Waals surface area contributed by atoms with Crippen molar-refractivity contribution >= 4 is 5.97 Å². The van der Waals surface area contributed by atoms with Crippen LogP contribution in [0.3, 0.4) is 0 Å². The van der Waals surface area contributed by atoms with E-state index in [0.717, 1.165) is 19.3 Å². The van der Waals surface area contributed by atoms with Gasteiger partial charge in [-0.3, -0.25) is 4.79 Å². The van der Waals surface area contributed by atoms with Gasteiger partial charge in [-0.05, 0) is 30.9 Å². The van der Waals surface area contributed by atoms with E-state index >= 15 is 0 Å². The molecule has 1 fully saturated rings. The topological polar surface area (TPSA) is 52.3 Å². The first-order valence-electron chi connectivity index (χ1n) is 7.48. The summed E-state index contributed by atoms with van der Waals surface area (Å²) in [5.74, 6) is -2.37. The maximum atomic E-state index is 13.0. The molecule has 2 atom stereocenters. The van der Waals surface area contributed by atoms with Crippen LogP contribution in [-0.2, 0) is 4.79 Å². The van der Waals surface area contributed by atoms with Gasteiger partial charge in [-0.1, -0.05) is 37.5 Å². The lowest BCUT2D eigenvalue weighted by atomic mass is 9.76. The molecule has 0 unspecified atom stereocenters. The van der Waals surface area contributed by atoms with E-state index in [1.165, 1.54) is 12.1 Å². The first-order chi connectivity index (χ1) is 10.4. The Balaban J connectivity index is 2.17. The van der Waals surface area contributed by atoms with Gasteiger partial charge in [0, 0.05) is 0 Å². The van der Waals surface area contributed by atoms with E-state index in [9.17, 15) is 18.0 Å². The highest BCUT2D eigenvalue weighted by Gasteiger charge is 2.48. The Morgan fingerprint density at radius 2 is 1.73 bits per heavy atom. The van der Waals surface area contributed by atoms with Crippen LogP contribution in [0.15, 0.2) is 30.3 Å². The van der Waals surface area contributed by atoms with Crippen LogP contribution in [0.2, 0.25) is 0 Å². The fourth-order valence-corrected chi connectivity index (χ4v) is 3.00. The maximum Gasteiger partial charge on any atom is 0.404 e. The molecule has 1 aliphatic rings. The van der Waals surface area contributed by atoms with Crippen LogP contribution < -0.4 is 10.5 Å². The third kappa shape index (κ3) is 4.22. The van der Waals surface area contributed by atoms with Crippen molar-refractivity contribution in [2.45, 2.75) is 44.3 Å². The van der Waals surface area contributed by atoms with Crippen LogP contribution in [0, 0.1) is 11.8 Å². The molecule has 2 rings (SSSR count). The normalized spacial score (nSPS) is 19.5. The molecule has 22 heavy (non-hydrogen) atoms. The fraction of sp³-hybridized carbons (Fsp3) is 0.562. The number of esters is 1. The molecule has 1 saturated carbocycles. The molecule has 3 nitrogen and oxygen atoms in total. The molecule has 0 spiro atoms. The molecule has 0 amide bonds. The Hall–Kier alpha value is -1.56. The predicted molar refractivity (Wildman–Crippen MR) is 76.2 cm³/mol. The highest BCUT2D eigenvalue weighted by atomic mass is 19.4. The van der Waals surface area contributed by atoms with Crippen molar-refractivity contribution in [3.05, 3.63) is 30.3 Å². The minimum Gasteiger partial charge on any atom is -0.426 e. The van der Waals surface area contributed by atoms with Crippen LogP contribution in [0.1, 0.15) is 32.1 Å². The number of ether oxygens (including phenoxy) is 1. The summed E-state index contributed by atoms with van der Waals surface area (Å²) in [4.78, 5) is 12.3. The lowest BCUT2D eigenvalue weighted by molar-refractivity contribution is -0.177. The van der Waals surface area contributed by atoms with E-state index in [-0.39, 0.29) is 11.7 Å². The number of hydrogen-bond donors (Lipinski definition) is 1. The number of nitrogens with two attached hydrogens (primary N) is 1. The van der Waals surface area contributed by atoms with Crippen LogP contribution in [0.25, 0.3) is 0 Å². The molecular weight excluding hydrogens is 295 g/mol. The molecule has 0 radical (unpaired) electrons. The Morgan fingerprint density at radius 3 is 2.27 bits per heavy atom. The standard InChI is InChI=1S/C16H20F3NO2/c17-16(18,19)14(20)13(11-7-3-1-4-8-11)15(21)22-12-9-5-2-6-10-12/h2,5-6,9-11,13-14H,1,3-4,7-8,20H2/t13-,14-/m0/s1. The van der Waals surface area contributed by atoms with Crippen LogP contribution >= 0.6 is 0 Å². The quantitative estimate of drug-likeness (QED) is 0.681. The number of halogens is 3. The number of para-hydroxylation sites is 1. The highest BCUT2D eigenvalue weighted by Crippen LogP contribution is 2.37. The number of alkyl halides is 3. The van der Waals surface area contributed by atoms with Gasteiger partial charge in [0.2, 0.25) is 0 Å². The minimum atomic E-state index is -4.61. The monoisotopic (exact) mass is 315 g/mol. The molecule has 1 aromatic carbocycles. The van der Waals surface area contributed by atoms with Crippen LogP contribution in [-0.4, -0.2) is 18.2 Å². The van der Waals surface area contributed by atoms with E-state index in [4.69, 9.17) is 10.5 Å². The zero-order chi connectivity index (χ0) is 16.2. The molecule has 0 bridgehead atoms. The molecule has 2 N–H and O–H groups in total. The average Bonchev–Trinajstić information content (AvgIpc) is 2.48. The number of benzene rings is 1. The summed E-state index contributed by atoms with van der Waals surface area (Å²) in [5.41, 5.74) is 5.35. The van der Waals surface area contributed by atoms with Crippen molar-refractivity contribution < 1.29 is 22.7 Å². The zero-order valence-corrected chi connectivity index (χ0v) is 12.2. The summed E-state index contributed by atoms with van der Waals surface area (Å²) in [6.07, 6.45) is -0.818. The van der Waals surface area contributed by atoms with E-state index < -0.39 is 24.1 Å². The number of carbonyl (C=O) groups excluding carboxylic acids is 1. The summed E-state index contributed by atoms with van der Waals surface area (Å²) in [7, 11) is 0. The summed E-state index contributed by atoms with van der Waals surface area (Å²) in [6.45, 7) is 0. The highest BCUT2D eigenvalue weighted by molar-refractivity contribution is 5.76. The van der Waals surface area contributed by atoms with Crippen molar-refractivity contribution in [2.24, 2.45) is 17.6 Å². The molecule has 0 aromatic heterocycles. The van der Waals surface area contributed by atoms with Gasteiger partial charge in [0.25, 0.3) is 0 Å². The third-order valence-electron chi connectivity index (χ3n) is 4.16. The number of hydrogen-bond acceptors (Lipinski definition) is 3. The molecule has 6 heteroatoms. The van der Waals surface area contributed by atoms with Crippen molar-refractivity contribution in [1.29, 1.82) is 0 Å². The summed E-state index contributed by atoms with van der Waals surface area (Å²) >= 11 is 0. The zero-order valence-electron chi connectivity index (χ0n) is 12.2. The Kier molecular flexibility index (Phi) is 5.45. The average molecular weight is 315 g/mol. The predicted octanol–water partition coefficient (Wildman–Crippen LogP) is 3.68. The van der Waals surface area contributed by atoms with Crippen molar-refractivity contribution in [1.82, 2.24) is 0 Å². The second-order valence-electron chi connectivity index (χ2n) is 5.73. The number of rotatable bonds is 4. The smallest absolute Gasteiger partial charge is 0.404 e.